The zero-order chi connectivity index (χ0) is 17.5. The second-order valence-electron chi connectivity index (χ2n) is 6.12. The van der Waals surface area contributed by atoms with Crippen molar-refractivity contribution in [2.45, 2.75) is 44.8 Å². The van der Waals surface area contributed by atoms with E-state index in [-0.39, 0.29) is 24.1 Å². The van der Waals surface area contributed by atoms with Gasteiger partial charge in [-0.25, -0.2) is 4.79 Å². The number of urea groups is 1. The van der Waals surface area contributed by atoms with Crippen LogP contribution in [0.25, 0.3) is 0 Å². The molecule has 1 aromatic rings. The molecular formula is C17H23ClN2O4. The second-order valence-corrected chi connectivity index (χ2v) is 6.56. The SMILES string of the molecule is C[C@@H](CNC(=O)NC1CCC(C(=O)O)CC1)Oc1ccc(Cl)cc1. The van der Waals surface area contributed by atoms with E-state index in [2.05, 4.69) is 10.6 Å². The van der Waals surface area contributed by atoms with Crippen molar-refractivity contribution in [3.8, 4) is 5.75 Å². The Morgan fingerprint density at radius 1 is 1.25 bits per heavy atom. The first-order valence-corrected chi connectivity index (χ1v) is 8.51. The van der Waals surface area contributed by atoms with Gasteiger partial charge in [0.25, 0.3) is 0 Å². The van der Waals surface area contributed by atoms with Crippen molar-refractivity contribution in [1.82, 2.24) is 10.6 Å². The molecule has 0 unspecified atom stereocenters. The van der Waals surface area contributed by atoms with Crippen LogP contribution < -0.4 is 15.4 Å². The number of rotatable bonds is 6. The van der Waals surface area contributed by atoms with Gasteiger partial charge in [-0.05, 0) is 56.9 Å². The van der Waals surface area contributed by atoms with E-state index in [1.165, 1.54) is 0 Å². The lowest BCUT2D eigenvalue weighted by Crippen LogP contribution is -2.46. The van der Waals surface area contributed by atoms with Crippen LogP contribution >= 0.6 is 11.6 Å². The van der Waals surface area contributed by atoms with E-state index in [1.807, 2.05) is 6.92 Å². The second kappa shape index (κ2) is 8.78. The monoisotopic (exact) mass is 354 g/mol. The molecule has 2 amide bonds. The van der Waals surface area contributed by atoms with Crippen molar-refractivity contribution in [1.29, 1.82) is 0 Å². The minimum atomic E-state index is -0.744. The van der Waals surface area contributed by atoms with Gasteiger partial charge in [0.15, 0.2) is 0 Å². The molecule has 24 heavy (non-hydrogen) atoms. The Morgan fingerprint density at radius 3 is 2.46 bits per heavy atom. The number of ether oxygens (including phenoxy) is 1. The molecule has 3 N–H and O–H groups in total. The number of halogens is 1. The summed E-state index contributed by atoms with van der Waals surface area (Å²) in [5, 5.41) is 15.3. The Balaban J connectivity index is 1.66. The van der Waals surface area contributed by atoms with Crippen molar-refractivity contribution in [2.24, 2.45) is 5.92 Å². The summed E-state index contributed by atoms with van der Waals surface area (Å²) in [7, 11) is 0. The van der Waals surface area contributed by atoms with Crippen LogP contribution in [-0.4, -0.2) is 35.8 Å². The zero-order valence-electron chi connectivity index (χ0n) is 13.6. The number of carbonyl (C=O) groups is 2. The summed E-state index contributed by atoms with van der Waals surface area (Å²) in [5.74, 6) is -0.328. The molecule has 7 heteroatoms. The van der Waals surface area contributed by atoms with Gasteiger partial charge in [0.05, 0.1) is 12.5 Å². The molecule has 1 aliphatic rings. The maximum Gasteiger partial charge on any atom is 0.315 e. The van der Waals surface area contributed by atoms with Crippen molar-refractivity contribution >= 4 is 23.6 Å². The molecule has 0 aliphatic heterocycles. The molecule has 1 saturated carbocycles. The number of benzene rings is 1. The van der Waals surface area contributed by atoms with E-state index in [1.54, 1.807) is 24.3 Å². The Morgan fingerprint density at radius 2 is 1.88 bits per heavy atom. The molecule has 2 rings (SSSR count). The fourth-order valence-corrected chi connectivity index (χ4v) is 2.87. The molecule has 1 aromatic carbocycles. The standard InChI is InChI=1S/C17H23ClN2O4/c1-11(24-15-8-4-13(18)5-9-15)10-19-17(23)20-14-6-2-12(3-7-14)16(21)22/h4-5,8-9,11-12,14H,2-3,6-7,10H2,1H3,(H,21,22)(H2,19,20,23)/t11-,12?,14?/m0/s1. The van der Waals surface area contributed by atoms with E-state index in [4.69, 9.17) is 21.4 Å². The van der Waals surface area contributed by atoms with Crippen LogP contribution in [0.5, 0.6) is 5.75 Å². The predicted octanol–water partition coefficient (Wildman–Crippen LogP) is 3.05. The van der Waals surface area contributed by atoms with Crippen molar-refractivity contribution in [3.63, 3.8) is 0 Å². The predicted molar refractivity (Wildman–Crippen MR) is 91.5 cm³/mol. The molecule has 132 valence electrons. The summed E-state index contributed by atoms with van der Waals surface area (Å²) in [6.45, 7) is 2.24. The summed E-state index contributed by atoms with van der Waals surface area (Å²) in [6.07, 6.45) is 2.43. The maximum atomic E-state index is 11.9. The quantitative estimate of drug-likeness (QED) is 0.732. The highest BCUT2D eigenvalue weighted by Crippen LogP contribution is 2.24. The van der Waals surface area contributed by atoms with E-state index in [9.17, 15) is 9.59 Å². The lowest BCUT2D eigenvalue weighted by molar-refractivity contribution is -0.142. The van der Waals surface area contributed by atoms with Crippen molar-refractivity contribution in [2.75, 3.05) is 6.54 Å². The first kappa shape index (κ1) is 18.4. The van der Waals surface area contributed by atoms with Crippen LogP contribution in [0.3, 0.4) is 0 Å². The minimum absolute atomic E-state index is 0.0353. The van der Waals surface area contributed by atoms with Gasteiger partial charge in [0.1, 0.15) is 11.9 Å². The van der Waals surface area contributed by atoms with Crippen LogP contribution in [0.2, 0.25) is 5.02 Å². The minimum Gasteiger partial charge on any atom is -0.489 e. The number of carboxylic acid groups (broad SMARTS) is 1. The lowest BCUT2D eigenvalue weighted by Gasteiger charge is -2.27. The maximum absolute atomic E-state index is 11.9. The third-order valence-electron chi connectivity index (χ3n) is 4.11. The lowest BCUT2D eigenvalue weighted by atomic mass is 9.86. The number of carbonyl (C=O) groups excluding carboxylic acids is 1. The van der Waals surface area contributed by atoms with Crippen LogP contribution in [-0.2, 0) is 4.79 Å². The van der Waals surface area contributed by atoms with Crippen LogP contribution in [0.4, 0.5) is 4.79 Å². The highest BCUT2D eigenvalue weighted by Gasteiger charge is 2.26. The summed E-state index contributed by atoms with van der Waals surface area (Å²) >= 11 is 5.82. The third kappa shape index (κ3) is 5.92. The molecule has 6 nitrogen and oxygen atoms in total. The fraction of sp³-hybridized carbons (Fsp3) is 0.529. The first-order chi connectivity index (χ1) is 11.4. The highest BCUT2D eigenvalue weighted by atomic mass is 35.5. The fourth-order valence-electron chi connectivity index (χ4n) is 2.74. The highest BCUT2D eigenvalue weighted by molar-refractivity contribution is 6.30. The largest absolute Gasteiger partial charge is 0.489 e. The topological polar surface area (TPSA) is 87.7 Å². The smallest absolute Gasteiger partial charge is 0.315 e. The normalized spacial score (nSPS) is 21.6. The van der Waals surface area contributed by atoms with Gasteiger partial charge in [-0.2, -0.15) is 0 Å². The number of hydrogen-bond donors (Lipinski definition) is 3. The van der Waals surface area contributed by atoms with E-state index >= 15 is 0 Å². The third-order valence-corrected chi connectivity index (χ3v) is 4.36. The molecule has 0 aromatic heterocycles. The van der Waals surface area contributed by atoms with Crippen LogP contribution in [0.15, 0.2) is 24.3 Å². The van der Waals surface area contributed by atoms with Gasteiger partial charge in [-0.1, -0.05) is 11.6 Å². The van der Waals surface area contributed by atoms with Crippen LogP contribution in [0.1, 0.15) is 32.6 Å². The van der Waals surface area contributed by atoms with E-state index in [0.717, 1.165) is 0 Å². The molecule has 0 radical (unpaired) electrons. The average molecular weight is 355 g/mol. The number of nitrogens with one attached hydrogen (secondary N) is 2. The molecule has 1 fully saturated rings. The Bertz CT molecular complexity index is 556. The van der Waals surface area contributed by atoms with Gasteiger partial charge in [-0.15, -0.1) is 0 Å². The molecule has 0 spiro atoms. The Labute approximate surface area is 146 Å². The summed E-state index contributed by atoms with van der Waals surface area (Å²) < 4.78 is 5.68. The molecule has 0 saturated heterocycles. The van der Waals surface area contributed by atoms with E-state index in [0.29, 0.717) is 43.0 Å². The summed E-state index contributed by atoms with van der Waals surface area (Å²) in [4.78, 5) is 22.8. The number of hydrogen-bond acceptors (Lipinski definition) is 3. The number of carboxylic acids is 1. The van der Waals surface area contributed by atoms with Gasteiger partial charge in [0.2, 0.25) is 0 Å². The van der Waals surface area contributed by atoms with Crippen LogP contribution in [0, 0.1) is 5.92 Å². The Hall–Kier alpha value is -1.95. The van der Waals surface area contributed by atoms with Crippen molar-refractivity contribution in [3.05, 3.63) is 29.3 Å². The van der Waals surface area contributed by atoms with E-state index < -0.39 is 5.97 Å². The number of aliphatic carboxylic acids is 1. The molecule has 1 aliphatic carbocycles. The number of amides is 2. The molecular weight excluding hydrogens is 332 g/mol. The van der Waals surface area contributed by atoms with Gasteiger partial charge in [0, 0.05) is 11.1 Å². The Kier molecular flexibility index (Phi) is 6.73. The summed E-state index contributed by atoms with van der Waals surface area (Å²) in [5.41, 5.74) is 0. The zero-order valence-corrected chi connectivity index (χ0v) is 14.4. The van der Waals surface area contributed by atoms with Crippen molar-refractivity contribution < 1.29 is 19.4 Å². The molecule has 0 bridgehead atoms. The van der Waals surface area contributed by atoms with Gasteiger partial charge >= 0.3 is 12.0 Å². The molecule has 1 atom stereocenters. The average Bonchev–Trinajstić information content (AvgIpc) is 2.55. The molecule has 0 heterocycles. The summed E-state index contributed by atoms with van der Waals surface area (Å²) in [6, 6.07) is 6.84. The first-order valence-electron chi connectivity index (χ1n) is 8.13. The van der Waals surface area contributed by atoms with Gasteiger partial charge < -0.3 is 20.5 Å². The van der Waals surface area contributed by atoms with Gasteiger partial charge in [-0.3, -0.25) is 4.79 Å².